The Kier molecular flexibility index (Phi) is 5.62. The predicted molar refractivity (Wildman–Crippen MR) is 106 cm³/mol. The predicted octanol–water partition coefficient (Wildman–Crippen LogP) is 2.15. The summed E-state index contributed by atoms with van der Waals surface area (Å²) in [6, 6.07) is 10.2. The second-order valence-electron chi connectivity index (χ2n) is 8.00. The van der Waals surface area contributed by atoms with Gasteiger partial charge in [0.05, 0.1) is 0 Å². The molecule has 0 N–H and O–H groups in total. The summed E-state index contributed by atoms with van der Waals surface area (Å²) < 4.78 is 12.3. The second-order valence-corrected chi connectivity index (χ2v) is 9.71. The molecule has 0 spiro atoms. The lowest BCUT2D eigenvalue weighted by Crippen LogP contribution is -2.52. The molecule has 5 nitrogen and oxygen atoms in total. The summed E-state index contributed by atoms with van der Waals surface area (Å²) in [5, 5.41) is 0.210. The van der Waals surface area contributed by atoms with Crippen molar-refractivity contribution >= 4 is 22.6 Å². The molecule has 1 aromatic rings. The van der Waals surface area contributed by atoms with E-state index in [1.165, 1.54) is 5.56 Å². The van der Waals surface area contributed by atoms with Crippen molar-refractivity contribution < 1.29 is 13.8 Å². The lowest BCUT2D eigenvalue weighted by Gasteiger charge is -2.35. The topological polar surface area (TPSA) is 57.7 Å². The number of rotatable bonds is 5. The lowest BCUT2D eigenvalue weighted by atomic mass is 10.1. The normalized spacial score (nSPS) is 26.8. The quantitative estimate of drug-likeness (QED) is 0.777. The van der Waals surface area contributed by atoms with Gasteiger partial charge in [-0.2, -0.15) is 0 Å². The monoisotopic (exact) mass is 388 g/mol. The van der Waals surface area contributed by atoms with Crippen LogP contribution in [0.5, 0.6) is 0 Å². The molecule has 0 bridgehead atoms. The Morgan fingerprint density at radius 1 is 0.963 bits per heavy atom. The van der Waals surface area contributed by atoms with E-state index in [1.807, 2.05) is 23.1 Å². The maximum Gasteiger partial charge on any atom is 0.235 e. The Labute approximate surface area is 163 Å². The van der Waals surface area contributed by atoms with E-state index in [9.17, 15) is 13.8 Å². The lowest BCUT2D eigenvalue weighted by molar-refractivity contribution is -0.139. The molecule has 27 heavy (non-hydrogen) atoms. The van der Waals surface area contributed by atoms with Crippen LogP contribution in [0.1, 0.15) is 43.6 Å². The first-order chi connectivity index (χ1) is 13.1. The molecule has 1 heterocycles. The van der Waals surface area contributed by atoms with Crippen LogP contribution in [0.2, 0.25) is 0 Å². The summed E-state index contributed by atoms with van der Waals surface area (Å²) in [6.07, 6.45) is 5.19. The zero-order valence-electron chi connectivity index (χ0n) is 15.7. The highest BCUT2D eigenvalue weighted by molar-refractivity contribution is 7.86. The third-order valence-corrected chi connectivity index (χ3v) is 7.97. The summed E-state index contributed by atoms with van der Waals surface area (Å²) in [6.45, 7) is 2.32. The number of carbonyl (C=O) groups excluding carboxylic acids is 2. The summed E-state index contributed by atoms with van der Waals surface area (Å²) >= 11 is 0. The van der Waals surface area contributed by atoms with Crippen LogP contribution in [0.3, 0.4) is 0 Å². The van der Waals surface area contributed by atoms with Gasteiger partial charge in [0.25, 0.3) is 0 Å². The average Bonchev–Trinajstić information content (AvgIpc) is 3.31. The first-order valence-electron chi connectivity index (χ1n) is 10.1. The van der Waals surface area contributed by atoms with Crippen LogP contribution in [0.4, 0.5) is 0 Å². The highest BCUT2D eigenvalue weighted by Crippen LogP contribution is 2.48. The van der Waals surface area contributed by atoms with Crippen LogP contribution < -0.4 is 0 Å². The van der Waals surface area contributed by atoms with Gasteiger partial charge < -0.3 is 9.80 Å². The number of amides is 2. The molecule has 3 fully saturated rings. The van der Waals surface area contributed by atoms with Gasteiger partial charge in [-0.3, -0.25) is 13.8 Å². The van der Waals surface area contributed by atoms with Crippen molar-refractivity contribution in [2.24, 2.45) is 5.92 Å². The molecular formula is C21H28N2O3S. The Balaban J connectivity index is 1.23. The zero-order valence-corrected chi connectivity index (χ0v) is 16.5. The molecule has 1 saturated heterocycles. The molecule has 3 aliphatic rings. The minimum absolute atomic E-state index is 0.0130. The molecule has 1 aliphatic heterocycles. The molecule has 0 aromatic heterocycles. The average molecular weight is 389 g/mol. The van der Waals surface area contributed by atoms with E-state index in [1.54, 1.807) is 4.90 Å². The van der Waals surface area contributed by atoms with Crippen molar-refractivity contribution in [1.29, 1.82) is 0 Å². The fraction of sp³-hybridized carbons (Fsp3) is 0.619. The Morgan fingerprint density at radius 2 is 1.59 bits per heavy atom. The van der Waals surface area contributed by atoms with E-state index in [2.05, 4.69) is 12.1 Å². The van der Waals surface area contributed by atoms with E-state index in [0.29, 0.717) is 32.1 Å². The van der Waals surface area contributed by atoms with Crippen LogP contribution in [0.15, 0.2) is 30.3 Å². The van der Waals surface area contributed by atoms with E-state index in [4.69, 9.17) is 0 Å². The van der Waals surface area contributed by atoms with Gasteiger partial charge in [-0.15, -0.1) is 0 Å². The van der Waals surface area contributed by atoms with Crippen molar-refractivity contribution in [2.75, 3.05) is 31.9 Å². The number of benzene rings is 1. The first kappa shape index (κ1) is 18.7. The van der Waals surface area contributed by atoms with Gasteiger partial charge in [0.15, 0.2) is 0 Å². The van der Waals surface area contributed by atoms with Gasteiger partial charge in [-0.05, 0) is 30.7 Å². The van der Waals surface area contributed by atoms with E-state index in [0.717, 1.165) is 32.1 Å². The van der Waals surface area contributed by atoms with Gasteiger partial charge in [0, 0.05) is 48.1 Å². The fourth-order valence-corrected chi connectivity index (χ4v) is 5.95. The number of nitrogens with zero attached hydrogens (tertiary/aromatic N) is 2. The molecular weight excluding hydrogens is 360 g/mol. The molecule has 2 unspecified atom stereocenters. The number of piperazine rings is 1. The minimum atomic E-state index is -1.04. The van der Waals surface area contributed by atoms with E-state index < -0.39 is 10.8 Å². The molecule has 3 atom stereocenters. The molecule has 2 saturated carbocycles. The van der Waals surface area contributed by atoms with Crippen molar-refractivity contribution in [3.05, 3.63) is 35.9 Å². The zero-order chi connectivity index (χ0) is 18.8. The van der Waals surface area contributed by atoms with Crippen LogP contribution in [-0.4, -0.2) is 63.0 Å². The largest absolute Gasteiger partial charge is 0.339 e. The molecule has 6 heteroatoms. The summed E-state index contributed by atoms with van der Waals surface area (Å²) in [4.78, 5) is 28.9. The summed E-state index contributed by atoms with van der Waals surface area (Å²) in [5.41, 5.74) is 1.25. The van der Waals surface area contributed by atoms with Crippen LogP contribution in [-0.2, 0) is 20.4 Å². The molecule has 1 aromatic carbocycles. The number of hydrogen-bond acceptors (Lipinski definition) is 3. The van der Waals surface area contributed by atoms with Gasteiger partial charge in [0.2, 0.25) is 11.8 Å². The first-order valence-corrected chi connectivity index (χ1v) is 11.5. The van der Waals surface area contributed by atoms with Gasteiger partial charge in [-0.1, -0.05) is 43.2 Å². The Hall–Kier alpha value is -1.69. The van der Waals surface area contributed by atoms with Gasteiger partial charge >= 0.3 is 0 Å². The highest BCUT2D eigenvalue weighted by Gasteiger charge is 2.46. The third kappa shape index (κ3) is 4.26. The van der Waals surface area contributed by atoms with Crippen LogP contribution in [0.25, 0.3) is 0 Å². The maximum absolute atomic E-state index is 12.7. The summed E-state index contributed by atoms with van der Waals surface area (Å²) in [5.74, 6) is 0.820. The van der Waals surface area contributed by atoms with Crippen molar-refractivity contribution in [2.45, 2.75) is 43.3 Å². The number of hydrogen-bond donors (Lipinski definition) is 0. The van der Waals surface area contributed by atoms with Gasteiger partial charge in [0.1, 0.15) is 5.75 Å². The molecule has 4 rings (SSSR count). The summed E-state index contributed by atoms with van der Waals surface area (Å²) in [7, 11) is -1.04. The highest BCUT2D eigenvalue weighted by atomic mass is 32.2. The molecule has 2 aliphatic carbocycles. The minimum Gasteiger partial charge on any atom is -0.339 e. The number of carbonyl (C=O) groups is 2. The maximum atomic E-state index is 12.7. The van der Waals surface area contributed by atoms with E-state index >= 15 is 0 Å². The van der Waals surface area contributed by atoms with E-state index in [-0.39, 0.29) is 28.7 Å². The SMILES string of the molecule is O=C(CS(=O)C1CCCC1)N1CCN(C(=O)[C@H]2CC2c2ccccc2)CC1. The smallest absolute Gasteiger partial charge is 0.235 e. The van der Waals surface area contributed by atoms with Gasteiger partial charge in [-0.25, -0.2) is 0 Å². The second kappa shape index (κ2) is 8.13. The molecule has 146 valence electrons. The van der Waals surface area contributed by atoms with Crippen molar-refractivity contribution in [3.8, 4) is 0 Å². The Bertz CT molecular complexity index is 709. The third-order valence-electron chi connectivity index (χ3n) is 6.22. The fourth-order valence-electron chi connectivity index (χ4n) is 4.43. The standard InChI is InChI=1S/C21H28N2O3S/c24-20(15-27(26)17-8-4-5-9-17)22-10-12-23(13-11-22)21(25)19-14-18(19)16-6-2-1-3-7-16/h1-3,6-7,17-19H,4-5,8-15H2/t18?,19-,27?/m0/s1. The molecule has 0 radical (unpaired) electrons. The van der Waals surface area contributed by atoms with Crippen molar-refractivity contribution in [3.63, 3.8) is 0 Å². The molecule has 2 amide bonds. The Morgan fingerprint density at radius 3 is 2.26 bits per heavy atom. The van der Waals surface area contributed by atoms with Crippen molar-refractivity contribution in [1.82, 2.24) is 9.80 Å². The van der Waals surface area contributed by atoms with Crippen LogP contribution >= 0.6 is 0 Å². The van der Waals surface area contributed by atoms with Crippen LogP contribution in [0, 0.1) is 5.92 Å².